The average molecular weight is 385 g/mol. The third-order valence-electron chi connectivity index (χ3n) is 4.20. The van der Waals surface area contributed by atoms with Gasteiger partial charge in [-0.2, -0.15) is 0 Å². The smallest absolute Gasteiger partial charge is 0.173 e. The van der Waals surface area contributed by atoms with Gasteiger partial charge in [-0.15, -0.1) is 0 Å². The minimum Gasteiger partial charge on any atom is -0.334 e. The molecule has 0 amide bonds. The van der Waals surface area contributed by atoms with Gasteiger partial charge in [0.1, 0.15) is 11.3 Å². The molecule has 2 N–H and O–H groups in total. The lowest BCUT2D eigenvalue weighted by atomic mass is 10.1. The summed E-state index contributed by atoms with van der Waals surface area (Å²) in [6.07, 6.45) is 4.67. The van der Waals surface area contributed by atoms with Gasteiger partial charge in [-0.1, -0.05) is 47.5 Å². The van der Waals surface area contributed by atoms with Gasteiger partial charge in [0.2, 0.25) is 0 Å². The highest BCUT2D eigenvalue weighted by Gasteiger charge is 2.14. The first-order valence-electron chi connectivity index (χ1n) is 7.88. The molecule has 0 unspecified atom stereocenters. The van der Waals surface area contributed by atoms with E-state index < -0.39 is 0 Å². The molecular formula is C18H14Cl2N6. The first-order chi connectivity index (χ1) is 12.5. The minimum absolute atomic E-state index is 0.135. The molecule has 3 heterocycles. The molecule has 0 saturated heterocycles. The van der Waals surface area contributed by atoms with Crippen LogP contribution in [0.5, 0.6) is 0 Å². The molecule has 0 atom stereocenters. The van der Waals surface area contributed by atoms with Crippen LogP contribution in [-0.4, -0.2) is 24.5 Å². The predicted octanol–water partition coefficient (Wildman–Crippen LogP) is 3.96. The van der Waals surface area contributed by atoms with E-state index in [1.54, 1.807) is 18.7 Å². The fourth-order valence-corrected chi connectivity index (χ4v) is 3.31. The number of halogens is 2. The van der Waals surface area contributed by atoms with Crippen molar-refractivity contribution >= 4 is 34.4 Å². The molecule has 0 aliphatic heterocycles. The van der Waals surface area contributed by atoms with Crippen molar-refractivity contribution in [3.63, 3.8) is 0 Å². The Hall–Kier alpha value is -2.70. The predicted molar refractivity (Wildman–Crippen MR) is 101 cm³/mol. The Morgan fingerprint density at radius 1 is 1.15 bits per heavy atom. The maximum Gasteiger partial charge on any atom is 0.173 e. The van der Waals surface area contributed by atoms with Crippen molar-refractivity contribution in [3.05, 3.63) is 69.6 Å². The highest BCUT2D eigenvalue weighted by molar-refractivity contribution is 6.35. The summed E-state index contributed by atoms with van der Waals surface area (Å²) in [5, 5.41) is 9.05. The molecular weight excluding hydrogens is 371 g/mol. The lowest BCUT2D eigenvalue weighted by molar-refractivity contribution is 0.783. The number of aromatic amines is 1. The van der Waals surface area contributed by atoms with Gasteiger partial charge in [0.25, 0.3) is 0 Å². The number of benzene rings is 1. The van der Waals surface area contributed by atoms with Gasteiger partial charge in [-0.05, 0) is 12.5 Å². The monoisotopic (exact) mass is 384 g/mol. The lowest BCUT2D eigenvalue weighted by Gasteiger charge is -2.09. The average Bonchev–Trinajstić information content (AvgIpc) is 3.07. The number of aryl methyl sites for hydroxylation is 1. The molecule has 6 nitrogen and oxygen atoms in total. The van der Waals surface area contributed by atoms with E-state index >= 15 is 0 Å². The van der Waals surface area contributed by atoms with E-state index in [1.807, 2.05) is 35.8 Å². The summed E-state index contributed by atoms with van der Waals surface area (Å²) < 4.78 is 1.82. The third-order valence-corrected chi connectivity index (χ3v) is 4.85. The highest BCUT2D eigenvalue weighted by Crippen LogP contribution is 2.26. The van der Waals surface area contributed by atoms with Crippen LogP contribution in [0.15, 0.2) is 43.0 Å². The van der Waals surface area contributed by atoms with E-state index in [-0.39, 0.29) is 5.49 Å². The summed E-state index contributed by atoms with van der Waals surface area (Å²) in [5.74, 6) is 0.695. The quantitative estimate of drug-likeness (QED) is 0.560. The van der Waals surface area contributed by atoms with E-state index in [2.05, 4.69) is 15.0 Å². The van der Waals surface area contributed by atoms with E-state index in [1.165, 1.54) is 0 Å². The van der Waals surface area contributed by atoms with Crippen molar-refractivity contribution in [3.8, 4) is 11.4 Å². The second kappa shape index (κ2) is 6.55. The molecule has 4 aromatic rings. The maximum absolute atomic E-state index is 8.10. The lowest BCUT2D eigenvalue weighted by Crippen LogP contribution is -2.13. The molecule has 1 aromatic carbocycles. The van der Waals surface area contributed by atoms with Gasteiger partial charge in [0.05, 0.1) is 22.9 Å². The van der Waals surface area contributed by atoms with Crippen LogP contribution >= 0.6 is 23.2 Å². The number of nitrogens with one attached hydrogen (secondary N) is 2. The van der Waals surface area contributed by atoms with Crippen molar-refractivity contribution in [2.75, 3.05) is 0 Å². The zero-order chi connectivity index (χ0) is 18.3. The third kappa shape index (κ3) is 2.87. The molecule has 130 valence electrons. The maximum atomic E-state index is 8.10. The fourth-order valence-electron chi connectivity index (χ4n) is 2.82. The Labute approximate surface area is 159 Å². The van der Waals surface area contributed by atoms with E-state index in [0.717, 1.165) is 16.7 Å². The van der Waals surface area contributed by atoms with Crippen LogP contribution in [-0.2, 0) is 6.54 Å². The molecule has 8 heteroatoms. The highest BCUT2D eigenvalue weighted by atomic mass is 35.5. The van der Waals surface area contributed by atoms with Crippen LogP contribution in [0.25, 0.3) is 22.6 Å². The molecule has 0 aliphatic rings. The van der Waals surface area contributed by atoms with E-state index in [9.17, 15) is 0 Å². The Balaban J connectivity index is 1.88. The molecule has 0 fully saturated rings. The van der Waals surface area contributed by atoms with Crippen molar-refractivity contribution in [1.29, 1.82) is 5.41 Å². The number of hydrogen-bond acceptors (Lipinski definition) is 4. The second-order valence-corrected chi connectivity index (χ2v) is 6.72. The van der Waals surface area contributed by atoms with Crippen LogP contribution in [0.2, 0.25) is 10.0 Å². The zero-order valence-electron chi connectivity index (χ0n) is 13.8. The molecule has 0 radical (unpaired) electrons. The second-order valence-electron chi connectivity index (χ2n) is 5.90. The first kappa shape index (κ1) is 16.8. The zero-order valence-corrected chi connectivity index (χ0v) is 15.3. The van der Waals surface area contributed by atoms with Gasteiger partial charge in [-0.3, -0.25) is 10.4 Å². The summed E-state index contributed by atoms with van der Waals surface area (Å²) in [4.78, 5) is 16.0. The van der Waals surface area contributed by atoms with Crippen LogP contribution < -0.4 is 5.49 Å². The Bertz CT molecular complexity index is 1160. The Morgan fingerprint density at radius 2 is 1.88 bits per heavy atom. The van der Waals surface area contributed by atoms with Crippen LogP contribution in [0, 0.1) is 12.3 Å². The van der Waals surface area contributed by atoms with Crippen LogP contribution in [0.3, 0.4) is 0 Å². The summed E-state index contributed by atoms with van der Waals surface area (Å²) in [6, 6.07) is 7.95. The largest absolute Gasteiger partial charge is 0.334 e. The number of nitrogens with zero attached hydrogens (tertiary/aromatic N) is 4. The molecule has 0 bridgehead atoms. The van der Waals surface area contributed by atoms with Gasteiger partial charge >= 0.3 is 0 Å². The topological polar surface area (TPSA) is 83.2 Å². The molecule has 26 heavy (non-hydrogen) atoms. The van der Waals surface area contributed by atoms with Crippen molar-refractivity contribution < 1.29 is 0 Å². The SMILES string of the molecule is Cc1ccccc1-c1nc2c([nH]1)c(=N)ncn2Cc1c(Cl)cncc1Cl. The van der Waals surface area contributed by atoms with Crippen molar-refractivity contribution in [1.82, 2.24) is 24.5 Å². The standard InChI is InChI=1S/C18H14Cl2N6/c1-10-4-2-3-5-11(10)17-24-15-16(21)23-9-26(18(15)25-17)8-12-13(19)6-22-7-14(12)20/h2-7,9,21H,8H2,1H3,(H,24,25). The molecule has 0 saturated carbocycles. The van der Waals surface area contributed by atoms with Gasteiger partial charge < -0.3 is 9.55 Å². The Kier molecular flexibility index (Phi) is 4.22. The minimum atomic E-state index is 0.135. The summed E-state index contributed by atoms with van der Waals surface area (Å²) >= 11 is 12.5. The van der Waals surface area contributed by atoms with E-state index in [0.29, 0.717) is 33.6 Å². The summed E-state index contributed by atoms with van der Waals surface area (Å²) in [6.45, 7) is 2.40. The van der Waals surface area contributed by atoms with Crippen molar-refractivity contribution in [2.45, 2.75) is 13.5 Å². The summed E-state index contributed by atoms with van der Waals surface area (Å²) in [7, 11) is 0. The number of H-pyrrole nitrogens is 1. The first-order valence-corrected chi connectivity index (χ1v) is 8.64. The summed E-state index contributed by atoms with van der Waals surface area (Å²) in [5.41, 5.74) is 4.12. The number of aromatic nitrogens is 5. The van der Waals surface area contributed by atoms with Gasteiger partial charge in [0, 0.05) is 23.5 Å². The number of fused-ring (bicyclic) bond motifs is 1. The molecule has 0 spiro atoms. The van der Waals surface area contributed by atoms with Crippen LogP contribution in [0.4, 0.5) is 0 Å². The molecule has 0 aliphatic carbocycles. The van der Waals surface area contributed by atoms with Gasteiger partial charge in [-0.25, -0.2) is 9.97 Å². The molecule has 3 aromatic heterocycles. The number of hydrogen-bond donors (Lipinski definition) is 2. The van der Waals surface area contributed by atoms with E-state index in [4.69, 9.17) is 33.6 Å². The number of rotatable bonds is 3. The van der Waals surface area contributed by atoms with Crippen LogP contribution in [0.1, 0.15) is 11.1 Å². The Morgan fingerprint density at radius 3 is 2.62 bits per heavy atom. The normalized spacial score (nSPS) is 11.2. The number of imidazole rings is 1. The molecule has 4 rings (SSSR count). The fraction of sp³-hybridized carbons (Fsp3) is 0.111. The van der Waals surface area contributed by atoms with Gasteiger partial charge in [0.15, 0.2) is 11.1 Å². The number of pyridine rings is 1. The van der Waals surface area contributed by atoms with Crippen molar-refractivity contribution in [2.24, 2.45) is 0 Å².